The molecule has 0 aromatic carbocycles. The molecule has 4 nitrogen and oxygen atoms in total. The van der Waals surface area contributed by atoms with E-state index in [1.165, 1.54) is 0 Å². The van der Waals surface area contributed by atoms with Gasteiger partial charge in [-0.05, 0) is 53.3 Å². The normalized spacial score (nSPS) is 27.0. The lowest BCUT2D eigenvalue weighted by Gasteiger charge is -2.47. The van der Waals surface area contributed by atoms with Gasteiger partial charge in [-0.25, -0.2) is 9.78 Å². The Morgan fingerprint density at radius 1 is 0.774 bits per heavy atom. The standard InChI is InChI=1S/C27H54O4/c1-14-22(25(10,11)19(3)4)28-30-27(17-21(7)16-24(8,9)18-27)31-29-23(15-2)26(12,13)20(5)6/h19-23H,14-18H2,1-13H3. The molecule has 1 aliphatic rings. The minimum absolute atomic E-state index is 0.00180. The summed E-state index contributed by atoms with van der Waals surface area (Å²) >= 11 is 0. The Labute approximate surface area is 194 Å². The van der Waals surface area contributed by atoms with Crippen molar-refractivity contribution in [2.24, 2.45) is 34.0 Å². The summed E-state index contributed by atoms with van der Waals surface area (Å²) < 4.78 is 0. The number of hydrogen-bond acceptors (Lipinski definition) is 4. The molecule has 0 saturated heterocycles. The van der Waals surface area contributed by atoms with Crippen molar-refractivity contribution in [1.29, 1.82) is 0 Å². The van der Waals surface area contributed by atoms with Crippen LogP contribution in [-0.4, -0.2) is 18.0 Å². The van der Waals surface area contributed by atoms with Crippen LogP contribution in [0.3, 0.4) is 0 Å². The van der Waals surface area contributed by atoms with E-state index in [2.05, 4.69) is 90.0 Å². The fourth-order valence-electron chi connectivity index (χ4n) is 5.03. The maximum atomic E-state index is 6.29. The molecule has 1 rings (SSSR count). The highest BCUT2D eigenvalue weighted by molar-refractivity contribution is 4.89. The molecule has 0 heterocycles. The van der Waals surface area contributed by atoms with E-state index in [9.17, 15) is 0 Å². The molecule has 1 fully saturated rings. The average molecular weight is 443 g/mol. The van der Waals surface area contributed by atoms with Gasteiger partial charge in [-0.3, -0.25) is 0 Å². The molecule has 4 heteroatoms. The van der Waals surface area contributed by atoms with E-state index >= 15 is 0 Å². The van der Waals surface area contributed by atoms with Crippen molar-refractivity contribution < 1.29 is 19.6 Å². The summed E-state index contributed by atoms with van der Waals surface area (Å²) in [5.74, 6) is 0.536. The second-order valence-corrected chi connectivity index (χ2v) is 12.9. The first-order valence-electron chi connectivity index (χ1n) is 12.7. The first-order chi connectivity index (χ1) is 14.0. The highest BCUT2D eigenvalue weighted by Crippen LogP contribution is 2.48. The molecule has 0 spiro atoms. The van der Waals surface area contributed by atoms with Crippen LogP contribution >= 0.6 is 0 Å². The molecule has 0 bridgehead atoms. The van der Waals surface area contributed by atoms with Crippen molar-refractivity contribution in [2.45, 2.75) is 140 Å². The van der Waals surface area contributed by atoms with E-state index in [1.54, 1.807) is 0 Å². The topological polar surface area (TPSA) is 36.9 Å². The van der Waals surface area contributed by atoms with Gasteiger partial charge in [0, 0.05) is 12.8 Å². The highest BCUT2D eigenvalue weighted by atomic mass is 17.3. The van der Waals surface area contributed by atoms with Crippen LogP contribution in [0.25, 0.3) is 0 Å². The summed E-state index contributed by atoms with van der Waals surface area (Å²) in [7, 11) is 0. The minimum Gasteiger partial charge on any atom is -0.230 e. The van der Waals surface area contributed by atoms with Gasteiger partial charge in [0.15, 0.2) is 0 Å². The van der Waals surface area contributed by atoms with E-state index in [0.29, 0.717) is 17.8 Å². The van der Waals surface area contributed by atoms with E-state index < -0.39 is 5.79 Å². The maximum Gasteiger partial charge on any atom is 0.234 e. The Hall–Kier alpha value is -0.160. The van der Waals surface area contributed by atoms with Gasteiger partial charge in [0.1, 0.15) is 0 Å². The summed E-state index contributed by atoms with van der Waals surface area (Å²) in [6.45, 7) is 29.2. The Morgan fingerprint density at radius 3 is 1.45 bits per heavy atom. The van der Waals surface area contributed by atoms with Crippen molar-refractivity contribution >= 4 is 0 Å². The fourth-order valence-corrected chi connectivity index (χ4v) is 5.03. The molecule has 3 unspecified atom stereocenters. The summed E-state index contributed by atoms with van der Waals surface area (Å²) in [5, 5.41) is 0. The molecule has 31 heavy (non-hydrogen) atoms. The lowest BCUT2D eigenvalue weighted by atomic mass is 9.70. The zero-order valence-corrected chi connectivity index (χ0v) is 23.1. The van der Waals surface area contributed by atoms with E-state index in [0.717, 1.165) is 32.1 Å². The van der Waals surface area contributed by atoms with Crippen LogP contribution in [0, 0.1) is 34.0 Å². The van der Waals surface area contributed by atoms with Crippen molar-refractivity contribution in [3.8, 4) is 0 Å². The van der Waals surface area contributed by atoms with Crippen LogP contribution in [0.1, 0.15) is 122 Å². The van der Waals surface area contributed by atoms with Gasteiger partial charge >= 0.3 is 0 Å². The third kappa shape index (κ3) is 7.42. The minimum atomic E-state index is -0.887. The van der Waals surface area contributed by atoms with Crippen LogP contribution in [0.5, 0.6) is 0 Å². The van der Waals surface area contributed by atoms with Gasteiger partial charge < -0.3 is 0 Å². The molecule has 1 saturated carbocycles. The van der Waals surface area contributed by atoms with Crippen LogP contribution in [0.2, 0.25) is 0 Å². The summed E-state index contributed by atoms with van der Waals surface area (Å²) in [6, 6.07) is 0. The van der Waals surface area contributed by atoms with E-state index in [4.69, 9.17) is 19.6 Å². The molecule has 1 aliphatic carbocycles. The zero-order valence-electron chi connectivity index (χ0n) is 23.1. The van der Waals surface area contributed by atoms with Gasteiger partial charge in [-0.1, -0.05) is 90.0 Å². The smallest absolute Gasteiger partial charge is 0.230 e. The molecular weight excluding hydrogens is 388 g/mol. The molecule has 3 atom stereocenters. The monoisotopic (exact) mass is 442 g/mol. The first kappa shape index (κ1) is 28.9. The molecule has 0 radical (unpaired) electrons. The van der Waals surface area contributed by atoms with Gasteiger partial charge in [-0.2, -0.15) is 9.78 Å². The van der Waals surface area contributed by atoms with Gasteiger partial charge in [0.05, 0.1) is 12.2 Å². The third-order valence-corrected chi connectivity index (χ3v) is 8.32. The van der Waals surface area contributed by atoms with Crippen LogP contribution < -0.4 is 0 Å². The van der Waals surface area contributed by atoms with Crippen molar-refractivity contribution in [3.63, 3.8) is 0 Å². The average Bonchev–Trinajstić information content (AvgIpc) is 2.60. The molecule has 0 aromatic rings. The fraction of sp³-hybridized carbons (Fsp3) is 1.00. The lowest BCUT2D eigenvalue weighted by molar-refractivity contribution is -0.546. The molecule has 0 N–H and O–H groups in total. The molecule has 0 aliphatic heterocycles. The third-order valence-electron chi connectivity index (χ3n) is 8.32. The number of hydrogen-bond donors (Lipinski definition) is 0. The van der Waals surface area contributed by atoms with Crippen molar-refractivity contribution in [2.75, 3.05) is 0 Å². The number of rotatable bonds is 12. The summed E-state index contributed by atoms with van der Waals surface area (Å²) in [4.78, 5) is 25.0. The lowest BCUT2D eigenvalue weighted by Crippen LogP contribution is -2.49. The Bertz CT molecular complexity index is 503. The first-order valence-corrected chi connectivity index (χ1v) is 12.7. The molecular formula is C27H54O4. The largest absolute Gasteiger partial charge is 0.234 e. The molecule has 186 valence electrons. The SMILES string of the molecule is CCC(OOC1(OOC(CC)C(C)(C)C(C)C)CC(C)CC(C)(C)C1)C(C)(C)C(C)C. The van der Waals surface area contributed by atoms with E-state index in [-0.39, 0.29) is 28.5 Å². The predicted molar refractivity (Wildman–Crippen MR) is 129 cm³/mol. The Balaban J connectivity index is 3.11. The predicted octanol–water partition coefficient (Wildman–Crippen LogP) is 8.35. The molecule has 0 aromatic heterocycles. The highest BCUT2D eigenvalue weighted by Gasteiger charge is 2.49. The second-order valence-electron chi connectivity index (χ2n) is 12.9. The van der Waals surface area contributed by atoms with Gasteiger partial charge in [-0.15, -0.1) is 0 Å². The Morgan fingerprint density at radius 2 is 1.16 bits per heavy atom. The van der Waals surface area contributed by atoms with E-state index in [1.807, 2.05) is 0 Å². The zero-order chi connectivity index (χ0) is 24.3. The van der Waals surface area contributed by atoms with Crippen LogP contribution in [-0.2, 0) is 19.6 Å². The van der Waals surface area contributed by atoms with Crippen molar-refractivity contribution in [1.82, 2.24) is 0 Å². The van der Waals surface area contributed by atoms with Crippen molar-refractivity contribution in [3.05, 3.63) is 0 Å². The van der Waals surface area contributed by atoms with Gasteiger partial charge in [0.2, 0.25) is 5.79 Å². The van der Waals surface area contributed by atoms with Crippen LogP contribution in [0.15, 0.2) is 0 Å². The maximum absolute atomic E-state index is 6.29. The second kappa shape index (κ2) is 10.8. The quantitative estimate of drug-likeness (QED) is 0.173. The Kier molecular flexibility index (Phi) is 10.1. The summed E-state index contributed by atoms with van der Waals surface area (Å²) in [5.41, 5.74) is 0.0886. The van der Waals surface area contributed by atoms with Crippen LogP contribution in [0.4, 0.5) is 0 Å². The van der Waals surface area contributed by atoms with Gasteiger partial charge in [0.25, 0.3) is 0 Å². The summed E-state index contributed by atoms with van der Waals surface area (Å²) in [6.07, 6.45) is 4.42. The molecule has 0 amide bonds.